The number of carbonyl (C=O) groups is 7. The van der Waals surface area contributed by atoms with Crippen molar-refractivity contribution < 1.29 is 101 Å². The van der Waals surface area contributed by atoms with Crippen molar-refractivity contribution in [3.63, 3.8) is 0 Å². The average molecular weight is 1380 g/mol. The molecule has 15 unspecified atom stereocenters. The number of rotatable bonds is 8. The molecule has 2 N–H and O–H groups in total. The first-order valence-electron chi connectivity index (χ1n) is 35.9. The quantitative estimate of drug-likeness (QED) is 0.0751. The van der Waals surface area contributed by atoms with Crippen LogP contribution in [-0.4, -0.2) is 113 Å². The van der Waals surface area contributed by atoms with E-state index in [1.165, 1.54) is 62.0 Å². The van der Waals surface area contributed by atoms with Crippen LogP contribution >= 0.6 is 0 Å². The molecular formula is C79H98O21. The maximum absolute atomic E-state index is 12.6. The third-order valence-corrected chi connectivity index (χ3v) is 23.7. The standard InChI is InChI=1S/C20H26O4.2C19H22O6.C18H20O5.C3H8/c1-11-8-16(23-12(11)2)22-10-15-14-9-13-6-5-7-20(3,4)17(13)18(14)24-19(15)21;1-10-7-14(24-16(10)20)23-9-13-12-8-11-5-4-6-18(2,3)19(11,22)15(12)25-17(13)21;1-10-7-14(24-16(10)21)23-9-13-12-8-11-5-4-6-18(2,3)19(11,15(12)20)25-17(13)22;1-9-4-3-5-11-7-12-13(18(20)23-16(12)15(9)11)8-21-14-6-10(2)17(19)22-14;1-3-2/h8,10,13-14,16-18H,2,5-7,9H2,1,3-4H3;7-9,12,14-15,22H,4-6H2,1-3H3;7-9,12,14-15,20H,4-6H2,1-3H3;6,8-9,12,14,16H,3-5,7H2,1-2H3;3H2,1-2H3/b15-10+;2*13-9+;13-8+;/t;;12?,14?,15-,19-;;/m..1../s1. The maximum Gasteiger partial charge on any atom is 0.338 e. The van der Waals surface area contributed by atoms with E-state index in [0.717, 1.165) is 80.9 Å². The SMILES string of the molecule is C=C1OC(O/C=C2/C(=O)OC3C2CC2CCCC(C)(C)C23)C=C1C.CC1=CC(O/C=C2/C(=O)OC3C2C=C2CCCC(C)(C)C23O)OC1=O.CC1=CC(O/C=C2/C(=O)OC3C4=C(CCCC4C)CC23)OC1=O.CC1=CC(O/C=C2/C(=O)O[C@]34C(=CC2[C@H]3O)CCCC4(C)C)OC1=O.CCC. The summed E-state index contributed by atoms with van der Waals surface area (Å²) in [6.07, 6.45) is 27.4. The summed E-state index contributed by atoms with van der Waals surface area (Å²) in [6.45, 7) is 29.9. The first-order valence-corrected chi connectivity index (χ1v) is 35.9. The summed E-state index contributed by atoms with van der Waals surface area (Å²) in [5.74, 6) is -1.11. The van der Waals surface area contributed by atoms with E-state index in [9.17, 15) is 43.8 Å². The molecule has 21 nitrogen and oxygen atoms in total. The van der Waals surface area contributed by atoms with Gasteiger partial charge in [-0.1, -0.05) is 99.5 Å². The van der Waals surface area contributed by atoms with E-state index >= 15 is 0 Å². The summed E-state index contributed by atoms with van der Waals surface area (Å²) in [5, 5.41) is 22.4. The van der Waals surface area contributed by atoms with Gasteiger partial charge in [0, 0.05) is 75.5 Å². The molecule has 0 radical (unpaired) electrons. The molecule has 8 aliphatic carbocycles. The lowest BCUT2D eigenvalue weighted by atomic mass is 9.61. The summed E-state index contributed by atoms with van der Waals surface area (Å²) in [5.41, 5.74) is 6.47. The van der Waals surface area contributed by atoms with Gasteiger partial charge in [-0.25, -0.2) is 33.6 Å². The highest BCUT2D eigenvalue weighted by Gasteiger charge is 2.67. The molecule has 17 atom stereocenters. The van der Waals surface area contributed by atoms with Gasteiger partial charge in [0.2, 0.25) is 0 Å². The van der Waals surface area contributed by atoms with Crippen LogP contribution in [0.5, 0.6) is 0 Å². The fourth-order valence-corrected chi connectivity index (χ4v) is 18.4. The van der Waals surface area contributed by atoms with Crippen molar-refractivity contribution in [2.75, 3.05) is 0 Å². The predicted molar refractivity (Wildman–Crippen MR) is 360 cm³/mol. The van der Waals surface area contributed by atoms with Gasteiger partial charge in [-0.15, -0.1) is 0 Å². The molecular weight excluding hydrogens is 1280 g/mol. The molecule has 540 valence electrons. The molecule has 100 heavy (non-hydrogen) atoms. The third-order valence-electron chi connectivity index (χ3n) is 23.7. The van der Waals surface area contributed by atoms with Crippen molar-refractivity contribution in [3.8, 4) is 0 Å². The average Bonchev–Trinajstić information content (AvgIpc) is 1.52. The third kappa shape index (κ3) is 12.8. The number of allylic oxidation sites excluding steroid dienone is 2. The van der Waals surface area contributed by atoms with Crippen LogP contribution in [0.2, 0.25) is 0 Å². The number of aliphatic hydroxyl groups is 2. The van der Waals surface area contributed by atoms with Crippen molar-refractivity contribution in [1.82, 2.24) is 0 Å². The van der Waals surface area contributed by atoms with E-state index in [2.05, 4.69) is 41.2 Å². The van der Waals surface area contributed by atoms with E-state index < -0.39 is 78.4 Å². The first-order chi connectivity index (χ1) is 47.3. The smallest absolute Gasteiger partial charge is 0.338 e. The molecule has 16 aliphatic rings. The number of esters is 7. The number of carbonyl (C=O) groups excluding carboxylic acids is 7. The molecule has 0 aromatic rings. The number of ether oxygens (including phenoxy) is 12. The van der Waals surface area contributed by atoms with Gasteiger partial charge in [0.05, 0.1) is 53.3 Å². The lowest BCUT2D eigenvalue weighted by molar-refractivity contribution is -0.198. The minimum absolute atomic E-state index is 0.0180. The van der Waals surface area contributed by atoms with Crippen molar-refractivity contribution >= 4 is 41.8 Å². The number of aliphatic hydroxyl groups excluding tert-OH is 1. The number of fused-ring (bicyclic) bond motifs is 9. The predicted octanol–water partition coefficient (Wildman–Crippen LogP) is 12.6. The van der Waals surface area contributed by atoms with Gasteiger partial charge in [-0.3, -0.25) is 0 Å². The van der Waals surface area contributed by atoms with Gasteiger partial charge in [-0.05, 0) is 151 Å². The topological polar surface area (TPSA) is 271 Å². The van der Waals surface area contributed by atoms with Crippen LogP contribution in [-0.2, 0) is 90.4 Å². The second kappa shape index (κ2) is 27.5. The van der Waals surface area contributed by atoms with Crippen LogP contribution in [0.25, 0.3) is 0 Å². The Labute approximate surface area is 585 Å². The lowest BCUT2D eigenvalue weighted by Gasteiger charge is -2.52. The zero-order valence-corrected chi connectivity index (χ0v) is 59.9. The lowest BCUT2D eigenvalue weighted by Crippen LogP contribution is -2.61. The molecule has 8 aliphatic heterocycles. The summed E-state index contributed by atoms with van der Waals surface area (Å²) in [7, 11) is 0. The first kappa shape index (κ1) is 71.9. The fraction of sp³-hybridized carbons (Fsp3) is 0.608. The second-order valence-corrected chi connectivity index (χ2v) is 31.6. The Morgan fingerprint density at radius 2 is 1.04 bits per heavy atom. The molecule has 2 bridgehead atoms. The van der Waals surface area contributed by atoms with Gasteiger partial charge in [-0.2, -0.15) is 0 Å². The van der Waals surface area contributed by atoms with Crippen LogP contribution in [0.4, 0.5) is 0 Å². The normalized spacial score (nSPS) is 38.9. The minimum Gasteiger partial charge on any atom is -0.458 e. The van der Waals surface area contributed by atoms with Crippen molar-refractivity contribution in [3.05, 3.63) is 141 Å². The van der Waals surface area contributed by atoms with E-state index in [-0.39, 0.29) is 69.7 Å². The van der Waals surface area contributed by atoms with Crippen LogP contribution < -0.4 is 0 Å². The zero-order chi connectivity index (χ0) is 71.9. The number of hydrogen-bond acceptors (Lipinski definition) is 21. The van der Waals surface area contributed by atoms with E-state index in [4.69, 9.17) is 56.8 Å². The number of cyclic esters (lactones) is 3. The molecule has 0 amide bonds. The molecule has 8 fully saturated rings. The molecule has 4 saturated carbocycles. The maximum atomic E-state index is 12.6. The van der Waals surface area contributed by atoms with E-state index in [1.807, 2.05) is 52.8 Å². The fourth-order valence-electron chi connectivity index (χ4n) is 18.4. The van der Waals surface area contributed by atoms with Gasteiger partial charge in [0.15, 0.2) is 5.60 Å². The molecule has 21 heteroatoms. The van der Waals surface area contributed by atoms with Crippen molar-refractivity contribution in [2.24, 2.45) is 57.7 Å². The Morgan fingerprint density at radius 3 is 1.60 bits per heavy atom. The van der Waals surface area contributed by atoms with Crippen LogP contribution in [0.1, 0.15) is 186 Å². The van der Waals surface area contributed by atoms with Crippen LogP contribution in [0, 0.1) is 57.7 Å². The van der Waals surface area contributed by atoms with Crippen LogP contribution in [0.15, 0.2) is 141 Å². The Balaban J connectivity index is 0.000000125. The van der Waals surface area contributed by atoms with Gasteiger partial charge < -0.3 is 67.1 Å². The molecule has 16 rings (SSSR count). The largest absolute Gasteiger partial charge is 0.458 e. The van der Waals surface area contributed by atoms with Crippen molar-refractivity contribution in [2.45, 2.75) is 247 Å². The highest BCUT2D eigenvalue weighted by atomic mass is 16.7. The summed E-state index contributed by atoms with van der Waals surface area (Å²) < 4.78 is 65.4. The van der Waals surface area contributed by atoms with E-state index in [0.29, 0.717) is 57.0 Å². The van der Waals surface area contributed by atoms with Gasteiger partial charge in [0.1, 0.15) is 35.8 Å². The Morgan fingerprint density at radius 1 is 0.540 bits per heavy atom. The highest BCUT2D eigenvalue weighted by Crippen LogP contribution is 2.62. The number of hydrogen-bond donors (Lipinski definition) is 2. The van der Waals surface area contributed by atoms with Gasteiger partial charge >= 0.3 is 41.8 Å². The molecule has 1 spiro atoms. The summed E-state index contributed by atoms with van der Waals surface area (Å²) in [4.78, 5) is 83.6. The Kier molecular flexibility index (Phi) is 19.7. The Bertz CT molecular complexity index is 3780. The van der Waals surface area contributed by atoms with E-state index in [1.54, 1.807) is 45.3 Å². The second-order valence-electron chi connectivity index (χ2n) is 31.6. The monoisotopic (exact) mass is 1380 g/mol. The minimum atomic E-state index is -1.14. The van der Waals surface area contributed by atoms with Crippen molar-refractivity contribution in [1.29, 1.82) is 0 Å². The zero-order valence-electron chi connectivity index (χ0n) is 59.9. The Hall–Kier alpha value is -7.91. The molecule has 8 heterocycles. The van der Waals surface area contributed by atoms with Crippen LogP contribution in [0.3, 0.4) is 0 Å². The summed E-state index contributed by atoms with van der Waals surface area (Å²) >= 11 is 0. The highest BCUT2D eigenvalue weighted by molar-refractivity contribution is 5.95. The van der Waals surface area contributed by atoms with Gasteiger partial charge in [0.25, 0.3) is 25.2 Å². The summed E-state index contributed by atoms with van der Waals surface area (Å²) in [6, 6.07) is 0. The molecule has 4 saturated heterocycles. The molecule has 0 aromatic carbocycles. The molecule has 0 aromatic heterocycles.